The molecular formula is C17H19N3O5S. The van der Waals surface area contributed by atoms with E-state index in [1.54, 1.807) is 26.1 Å². The minimum absolute atomic E-state index is 0.109. The smallest absolute Gasteiger partial charge is 0.316 e. The summed E-state index contributed by atoms with van der Waals surface area (Å²) in [6.45, 7) is 5.52. The number of benzene rings is 1. The van der Waals surface area contributed by atoms with Gasteiger partial charge in [-0.1, -0.05) is 13.0 Å². The molecule has 0 saturated carbocycles. The van der Waals surface area contributed by atoms with Gasteiger partial charge in [-0.2, -0.15) is 0 Å². The number of anilines is 1. The summed E-state index contributed by atoms with van der Waals surface area (Å²) >= 11 is 0. The topological polar surface area (TPSA) is 115 Å². The highest BCUT2D eigenvalue weighted by molar-refractivity contribution is 7.92. The van der Waals surface area contributed by atoms with Crippen molar-refractivity contribution in [1.29, 1.82) is 0 Å². The number of nitrogens with one attached hydrogen (secondary N) is 1. The number of nitrogens with zero attached hydrogens (tertiary/aromatic N) is 2. The number of amides is 1. The summed E-state index contributed by atoms with van der Waals surface area (Å²) in [6.07, 6.45) is 2.08. The molecule has 0 fully saturated rings. The van der Waals surface area contributed by atoms with Gasteiger partial charge in [0.2, 0.25) is 5.88 Å². The third-order valence-electron chi connectivity index (χ3n) is 3.38. The van der Waals surface area contributed by atoms with Crippen LogP contribution >= 0.6 is 0 Å². The minimum atomic E-state index is -4.03. The van der Waals surface area contributed by atoms with E-state index >= 15 is 0 Å². The average Bonchev–Trinajstić information content (AvgIpc) is 2.62. The van der Waals surface area contributed by atoms with Crippen molar-refractivity contribution in [2.75, 3.05) is 4.72 Å². The average molecular weight is 377 g/mol. The highest BCUT2D eigenvalue weighted by atomic mass is 32.2. The van der Waals surface area contributed by atoms with Crippen molar-refractivity contribution in [3.8, 4) is 5.88 Å². The van der Waals surface area contributed by atoms with Crippen LogP contribution in [-0.4, -0.2) is 25.4 Å². The number of hydrogen-bond acceptors (Lipinski definition) is 6. The molecular weight excluding hydrogens is 358 g/mol. The van der Waals surface area contributed by atoms with E-state index in [9.17, 15) is 18.1 Å². The van der Waals surface area contributed by atoms with Crippen LogP contribution in [-0.2, 0) is 16.4 Å². The number of sulfonamides is 1. The molecule has 8 nitrogen and oxygen atoms in total. The van der Waals surface area contributed by atoms with Crippen molar-refractivity contribution < 1.29 is 17.9 Å². The van der Waals surface area contributed by atoms with Crippen LogP contribution in [0.4, 0.5) is 5.69 Å². The molecule has 1 aromatic carbocycles. The first-order chi connectivity index (χ1) is 12.3. The number of hydrogen-bond donors (Lipinski definition) is 1. The van der Waals surface area contributed by atoms with Gasteiger partial charge < -0.3 is 4.74 Å². The largest absolute Gasteiger partial charge is 0.473 e. The van der Waals surface area contributed by atoms with E-state index in [1.807, 2.05) is 6.92 Å². The molecule has 2 aromatic rings. The van der Waals surface area contributed by atoms with Crippen LogP contribution in [0, 0.1) is 4.91 Å². The van der Waals surface area contributed by atoms with Crippen molar-refractivity contribution in [2.45, 2.75) is 38.2 Å². The predicted octanol–water partition coefficient (Wildman–Crippen LogP) is 3.14. The van der Waals surface area contributed by atoms with E-state index in [0.29, 0.717) is 6.42 Å². The number of carbonyl (C=O) groups is 1. The molecule has 1 heterocycles. The Balaban J connectivity index is 2.43. The first-order valence-electron chi connectivity index (χ1n) is 7.93. The lowest BCUT2D eigenvalue weighted by molar-refractivity contribution is 0.100. The highest BCUT2D eigenvalue weighted by Gasteiger charge is 2.20. The Kier molecular flexibility index (Phi) is 6.04. The van der Waals surface area contributed by atoms with Gasteiger partial charge in [-0.25, -0.2) is 13.4 Å². The van der Waals surface area contributed by atoms with Crippen molar-refractivity contribution in [3.63, 3.8) is 0 Å². The fourth-order valence-corrected chi connectivity index (χ4v) is 3.23. The third-order valence-corrected chi connectivity index (χ3v) is 4.75. The zero-order chi connectivity index (χ0) is 19.3. The molecule has 0 radical (unpaired) electrons. The standard InChI is InChI=1S/C17H19N3O5S/c1-4-12-8-15(17(18-10-12)25-11(2)3)20-26(23,24)14-7-5-6-13(9-14)16(21)19-22/h5-11,20H,4H2,1-3H3. The van der Waals surface area contributed by atoms with E-state index in [2.05, 4.69) is 14.9 Å². The molecule has 0 spiro atoms. The number of ether oxygens (including phenoxy) is 1. The molecule has 0 aliphatic heterocycles. The molecule has 1 aromatic heterocycles. The Morgan fingerprint density at radius 3 is 2.65 bits per heavy atom. The van der Waals surface area contributed by atoms with E-state index in [-0.39, 0.29) is 28.1 Å². The quantitative estimate of drug-likeness (QED) is 0.741. The van der Waals surface area contributed by atoms with Gasteiger partial charge in [0.25, 0.3) is 10.0 Å². The summed E-state index contributed by atoms with van der Waals surface area (Å²) < 4.78 is 33.4. The number of rotatable bonds is 7. The lowest BCUT2D eigenvalue weighted by Gasteiger charge is -2.15. The van der Waals surface area contributed by atoms with E-state index in [1.165, 1.54) is 18.2 Å². The molecule has 0 atom stereocenters. The number of pyridine rings is 1. The van der Waals surface area contributed by atoms with Crippen LogP contribution in [0.5, 0.6) is 5.88 Å². The maximum Gasteiger partial charge on any atom is 0.316 e. The van der Waals surface area contributed by atoms with Gasteiger partial charge in [0.1, 0.15) is 5.69 Å². The normalized spacial score (nSPS) is 11.2. The monoisotopic (exact) mass is 377 g/mol. The van der Waals surface area contributed by atoms with Gasteiger partial charge in [-0.05, 0) is 50.1 Å². The zero-order valence-electron chi connectivity index (χ0n) is 14.6. The lowest BCUT2D eigenvalue weighted by atomic mass is 10.2. The molecule has 2 rings (SSSR count). The second-order valence-electron chi connectivity index (χ2n) is 5.75. The molecule has 26 heavy (non-hydrogen) atoms. The molecule has 9 heteroatoms. The fraction of sp³-hybridized carbons (Fsp3) is 0.294. The summed E-state index contributed by atoms with van der Waals surface area (Å²) in [7, 11) is -4.03. The summed E-state index contributed by atoms with van der Waals surface area (Å²) in [5.74, 6) is -0.886. The predicted molar refractivity (Wildman–Crippen MR) is 96.8 cm³/mol. The number of aromatic nitrogens is 1. The molecule has 0 bridgehead atoms. The summed E-state index contributed by atoms with van der Waals surface area (Å²) in [5, 5.41) is 2.30. The van der Waals surface area contributed by atoms with Gasteiger partial charge in [-0.15, -0.1) is 4.91 Å². The van der Waals surface area contributed by atoms with E-state index < -0.39 is 15.9 Å². The number of nitroso groups, excluding NO2 is 1. The minimum Gasteiger partial charge on any atom is -0.473 e. The highest BCUT2D eigenvalue weighted by Crippen LogP contribution is 2.27. The first kappa shape index (κ1) is 19.5. The van der Waals surface area contributed by atoms with Crippen LogP contribution in [0.1, 0.15) is 36.7 Å². The number of aryl methyl sites for hydroxylation is 1. The molecule has 0 saturated heterocycles. The Morgan fingerprint density at radius 2 is 2.04 bits per heavy atom. The van der Waals surface area contributed by atoms with Crippen LogP contribution < -0.4 is 9.46 Å². The fourth-order valence-electron chi connectivity index (χ4n) is 2.13. The maximum atomic E-state index is 12.7. The van der Waals surface area contributed by atoms with Crippen molar-refractivity contribution in [2.24, 2.45) is 5.18 Å². The van der Waals surface area contributed by atoms with E-state index in [0.717, 1.165) is 11.6 Å². The van der Waals surface area contributed by atoms with Gasteiger partial charge >= 0.3 is 5.91 Å². The van der Waals surface area contributed by atoms with Crippen LogP contribution in [0.3, 0.4) is 0 Å². The van der Waals surface area contributed by atoms with Crippen LogP contribution in [0.25, 0.3) is 0 Å². The maximum absolute atomic E-state index is 12.7. The Morgan fingerprint density at radius 1 is 1.31 bits per heavy atom. The second kappa shape index (κ2) is 8.05. The summed E-state index contributed by atoms with van der Waals surface area (Å²) in [6, 6.07) is 6.72. The Bertz CT molecular complexity index is 926. The summed E-state index contributed by atoms with van der Waals surface area (Å²) in [5.41, 5.74) is 0.915. The molecule has 0 aliphatic carbocycles. The van der Waals surface area contributed by atoms with Gasteiger partial charge in [0, 0.05) is 16.9 Å². The molecule has 0 unspecified atom stereocenters. The molecule has 1 amide bonds. The van der Waals surface area contributed by atoms with Gasteiger partial charge in [-0.3, -0.25) is 9.52 Å². The van der Waals surface area contributed by atoms with Crippen LogP contribution in [0.2, 0.25) is 0 Å². The number of carbonyl (C=O) groups excluding carboxylic acids is 1. The SMILES string of the molecule is CCc1cnc(OC(C)C)c(NS(=O)(=O)c2cccc(C(=O)N=O)c2)c1. The molecule has 0 aliphatic rings. The zero-order valence-corrected chi connectivity index (χ0v) is 15.4. The summed E-state index contributed by atoms with van der Waals surface area (Å²) in [4.78, 5) is 25.8. The van der Waals surface area contributed by atoms with Crippen LogP contribution in [0.15, 0.2) is 46.6 Å². The lowest BCUT2D eigenvalue weighted by Crippen LogP contribution is -2.16. The van der Waals surface area contributed by atoms with Gasteiger partial charge in [0.05, 0.1) is 11.0 Å². The second-order valence-corrected chi connectivity index (χ2v) is 7.43. The van der Waals surface area contributed by atoms with Gasteiger partial charge in [0.15, 0.2) is 0 Å². The van der Waals surface area contributed by atoms with E-state index in [4.69, 9.17) is 4.74 Å². The Hall–Kier alpha value is -2.81. The molecule has 138 valence electrons. The first-order valence-corrected chi connectivity index (χ1v) is 9.41. The Labute approximate surface area is 151 Å². The molecule has 1 N–H and O–H groups in total. The third kappa shape index (κ3) is 4.63. The van der Waals surface area contributed by atoms with Crippen molar-refractivity contribution in [1.82, 2.24) is 4.98 Å². The van der Waals surface area contributed by atoms with Crippen molar-refractivity contribution >= 4 is 21.6 Å². The van der Waals surface area contributed by atoms with Crippen molar-refractivity contribution in [3.05, 3.63) is 52.6 Å².